The standard InChI is InChI=1S/C10H16O/c1-2-3-4-5-6-7-8-9-10-11/h2-5,8-9,11H,6-7,10H2,1H3/b3-2-,5-4-,9-8+. The van der Waals surface area contributed by atoms with Gasteiger partial charge in [0.2, 0.25) is 0 Å². The molecule has 0 aliphatic rings. The summed E-state index contributed by atoms with van der Waals surface area (Å²) in [4.78, 5) is 0. The van der Waals surface area contributed by atoms with Crippen LogP contribution in [-0.4, -0.2) is 11.7 Å². The Morgan fingerprint density at radius 2 is 1.73 bits per heavy atom. The highest BCUT2D eigenvalue weighted by Crippen LogP contribution is 1.92. The molecule has 0 amide bonds. The van der Waals surface area contributed by atoms with E-state index in [2.05, 4.69) is 6.08 Å². The van der Waals surface area contributed by atoms with Crippen molar-refractivity contribution in [1.82, 2.24) is 0 Å². The maximum absolute atomic E-state index is 8.39. The average molecular weight is 152 g/mol. The molecule has 0 fully saturated rings. The van der Waals surface area contributed by atoms with Gasteiger partial charge in [-0.15, -0.1) is 0 Å². The Kier molecular flexibility index (Phi) is 8.50. The van der Waals surface area contributed by atoms with Crippen LogP contribution in [0, 0.1) is 0 Å². The third kappa shape index (κ3) is 9.18. The topological polar surface area (TPSA) is 20.2 Å². The molecule has 0 aromatic carbocycles. The van der Waals surface area contributed by atoms with Crippen molar-refractivity contribution in [2.24, 2.45) is 0 Å². The van der Waals surface area contributed by atoms with Crippen LogP contribution in [0.3, 0.4) is 0 Å². The molecule has 0 rings (SSSR count). The Morgan fingerprint density at radius 3 is 2.36 bits per heavy atom. The molecule has 0 bridgehead atoms. The lowest BCUT2D eigenvalue weighted by Gasteiger charge is -1.84. The molecule has 0 aliphatic carbocycles. The highest BCUT2D eigenvalue weighted by Gasteiger charge is 1.73. The molecule has 62 valence electrons. The minimum atomic E-state index is 0.151. The smallest absolute Gasteiger partial charge is 0.0612 e. The van der Waals surface area contributed by atoms with Gasteiger partial charge in [-0.2, -0.15) is 0 Å². The van der Waals surface area contributed by atoms with Gasteiger partial charge in [-0.3, -0.25) is 0 Å². The molecule has 0 saturated heterocycles. The largest absolute Gasteiger partial charge is 0.392 e. The summed E-state index contributed by atoms with van der Waals surface area (Å²) in [5.41, 5.74) is 0. The summed E-state index contributed by atoms with van der Waals surface area (Å²) in [6.45, 7) is 2.15. The maximum Gasteiger partial charge on any atom is 0.0612 e. The Hall–Kier alpha value is -0.820. The molecule has 1 heteroatoms. The SMILES string of the molecule is C/C=C\C=C/CC/C=C/CO. The second-order valence-electron chi connectivity index (χ2n) is 2.19. The van der Waals surface area contributed by atoms with Gasteiger partial charge in [-0.05, 0) is 19.8 Å². The predicted octanol–water partition coefficient (Wildman–Crippen LogP) is 2.45. The van der Waals surface area contributed by atoms with Crippen LogP contribution in [0.15, 0.2) is 36.5 Å². The van der Waals surface area contributed by atoms with Crippen molar-refractivity contribution < 1.29 is 5.11 Å². The van der Waals surface area contributed by atoms with Crippen LogP contribution in [0.2, 0.25) is 0 Å². The fourth-order valence-corrected chi connectivity index (χ4v) is 0.671. The highest BCUT2D eigenvalue weighted by atomic mass is 16.2. The maximum atomic E-state index is 8.39. The molecule has 0 spiro atoms. The summed E-state index contributed by atoms with van der Waals surface area (Å²) in [6.07, 6.45) is 14.0. The third-order valence-corrected chi connectivity index (χ3v) is 1.21. The second-order valence-corrected chi connectivity index (χ2v) is 2.19. The summed E-state index contributed by atoms with van der Waals surface area (Å²) >= 11 is 0. The van der Waals surface area contributed by atoms with E-state index in [1.807, 2.05) is 31.2 Å². The lowest BCUT2D eigenvalue weighted by atomic mass is 10.2. The fourth-order valence-electron chi connectivity index (χ4n) is 0.671. The summed E-state index contributed by atoms with van der Waals surface area (Å²) in [5, 5.41) is 8.39. The zero-order valence-corrected chi connectivity index (χ0v) is 7.03. The molecular formula is C10H16O. The normalized spacial score (nSPS) is 12.5. The number of hydrogen-bond donors (Lipinski definition) is 1. The molecule has 0 radical (unpaired) electrons. The monoisotopic (exact) mass is 152 g/mol. The van der Waals surface area contributed by atoms with E-state index in [-0.39, 0.29) is 6.61 Å². The van der Waals surface area contributed by atoms with Gasteiger partial charge >= 0.3 is 0 Å². The minimum Gasteiger partial charge on any atom is -0.392 e. The number of hydrogen-bond acceptors (Lipinski definition) is 1. The molecule has 0 atom stereocenters. The van der Waals surface area contributed by atoms with Crippen LogP contribution < -0.4 is 0 Å². The van der Waals surface area contributed by atoms with Crippen molar-refractivity contribution >= 4 is 0 Å². The molecule has 0 saturated carbocycles. The van der Waals surface area contributed by atoms with Crippen LogP contribution in [0.4, 0.5) is 0 Å². The molecule has 0 heterocycles. The van der Waals surface area contributed by atoms with E-state index < -0.39 is 0 Å². The van der Waals surface area contributed by atoms with E-state index in [1.165, 1.54) is 0 Å². The van der Waals surface area contributed by atoms with Crippen LogP contribution in [0.1, 0.15) is 19.8 Å². The van der Waals surface area contributed by atoms with Gasteiger partial charge in [-0.25, -0.2) is 0 Å². The van der Waals surface area contributed by atoms with Crippen molar-refractivity contribution in [1.29, 1.82) is 0 Å². The number of unbranched alkanes of at least 4 members (excludes halogenated alkanes) is 1. The number of rotatable bonds is 5. The number of allylic oxidation sites excluding steroid dienone is 5. The van der Waals surface area contributed by atoms with Crippen LogP contribution in [0.25, 0.3) is 0 Å². The van der Waals surface area contributed by atoms with Gasteiger partial charge in [0.1, 0.15) is 0 Å². The molecule has 0 aliphatic heterocycles. The average Bonchev–Trinajstić information content (AvgIpc) is 2.03. The van der Waals surface area contributed by atoms with Crippen molar-refractivity contribution in [2.45, 2.75) is 19.8 Å². The quantitative estimate of drug-likeness (QED) is 0.364. The first-order valence-electron chi connectivity index (χ1n) is 3.95. The van der Waals surface area contributed by atoms with Crippen molar-refractivity contribution in [3.8, 4) is 0 Å². The van der Waals surface area contributed by atoms with E-state index in [0.717, 1.165) is 12.8 Å². The number of aliphatic hydroxyl groups excluding tert-OH is 1. The fraction of sp³-hybridized carbons (Fsp3) is 0.400. The highest BCUT2D eigenvalue weighted by molar-refractivity contribution is 5.01. The predicted molar refractivity (Wildman–Crippen MR) is 49.4 cm³/mol. The molecule has 0 aromatic heterocycles. The Bertz CT molecular complexity index is 143. The molecule has 1 N–H and O–H groups in total. The molecule has 0 aromatic rings. The molecular weight excluding hydrogens is 136 g/mol. The van der Waals surface area contributed by atoms with Gasteiger partial charge in [0.15, 0.2) is 0 Å². The summed E-state index contributed by atoms with van der Waals surface area (Å²) in [5.74, 6) is 0. The molecule has 11 heavy (non-hydrogen) atoms. The summed E-state index contributed by atoms with van der Waals surface area (Å²) in [6, 6.07) is 0. The summed E-state index contributed by atoms with van der Waals surface area (Å²) < 4.78 is 0. The number of aliphatic hydroxyl groups is 1. The summed E-state index contributed by atoms with van der Waals surface area (Å²) in [7, 11) is 0. The van der Waals surface area contributed by atoms with E-state index in [4.69, 9.17) is 5.11 Å². The van der Waals surface area contributed by atoms with E-state index in [9.17, 15) is 0 Å². The Balaban J connectivity index is 3.20. The Labute approximate surface area is 68.7 Å². The zero-order chi connectivity index (χ0) is 8.36. The van der Waals surface area contributed by atoms with Crippen LogP contribution >= 0.6 is 0 Å². The first-order chi connectivity index (χ1) is 5.41. The van der Waals surface area contributed by atoms with Gasteiger partial charge in [0.25, 0.3) is 0 Å². The van der Waals surface area contributed by atoms with Gasteiger partial charge < -0.3 is 5.11 Å². The van der Waals surface area contributed by atoms with Crippen molar-refractivity contribution in [3.05, 3.63) is 36.5 Å². The van der Waals surface area contributed by atoms with E-state index in [0.29, 0.717) is 0 Å². The molecule has 0 unspecified atom stereocenters. The van der Waals surface area contributed by atoms with Gasteiger partial charge in [0.05, 0.1) is 6.61 Å². The van der Waals surface area contributed by atoms with Gasteiger partial charge in [-0.1, -0.05) is 36.5 Å². The first-order valence-corrected chi connectivity index (χ1v) is 3.95. The van der Waals surface area contributed by atoms with Crippen molar-refractivity contribution in [3.63, 3.8) is 0 Å². The van der Waals surface area contributed by atoms with Gasteiger partial charge in [0, 0.05) is 0 Å². The Morgan fingerprint density at radius 1 is 1.00 bits per heavy atom. The second kappa shape index (κ2) is 9.18. The lowest BCUT2D eigenvalue weighted by molar-refractivity contribution is 0.342. The van der Waals surface area contributed by atoms with E-state index in [1.54, 1.807) is 6.08 Å². The zero-order valence-electron chi connectivity index (χ0n) is 7.03. The van der Waals surface area contributed by atoms with Crippen LogP contribution in [-0.2, 0) is 0 Å². The third-order valence-electron chi connectivity index (χ3n) is 1.21. The lowest BCUT2D eigenvalue weighted by Crippen LogP contribution is -1.70. The first kappa shape index (κ1) is 10.2. The minimum absolute atomic E-state index is 0.151. The molecule has 1 nitrogen and oxygen atoms in total. The van der Waals surface area contributed by atoms with E-state index >= 15 is 0 Å². The van der Waals surface area contributed by atoms with Crippen LogP contribution in [0.5, 0.6) is 0 Å². The van der Waals surface area contributed by atoms with Crippen molar-refractivity contribution in [2.75, 3.05) is 6.61 Å².